The number of hydrogen-bond donors (Lipinski definition) is 1. The number of amides is 1. The van der Waals surface area contributed by atoms with E-state index in [9.17, 15) is 14.4 Å². The summed E-state index contributed by atoms with van der Waals surface area (Å²) >= 11 is 2.58. The molecule has 1 aromatic carbocycles. The number of hydrogen-bond acceptors (Lipinski definition) is 7. The maximum Gasteiger partial charge on any atom is 0.268 e. The normalized spacial score (nSPS) is 11.5. The van der Waals surface area contributed by atoms with E-state index in [1.165, 1.54) is 30.0 Å². The van der Waals surface area contributed by atoms with Gasteiger partial charge in [0.05, 0.1) is 0 Å². The van der Waals surface area contributed by atoms with E-state index in [0.29, 0.717) is 33.3 Å². The van der Waals surface area contributed by atoms with E-state index in [1.807, 2.05) is 6.07 Å². The van der Waals surface area contributed by atoms with E-state index in [0.717, 1.165) is 17.3 Å². The summed E-state index contributed by atoms with van der Waals surface area (Å²) in [6.45, 7) is 4.20. The lowest BCUT2D eigenvalue weighted by molar-refractivity contribution is -0.112. The summed E-state index contributed by atoms with van der Waals surface area (Å²) in [5.74, 6) is 1.28. The van der Waals surface area contributed by atoms with Gasteiger partial charge in [-0.1, -0.05) is 25.6 Å². The minimum absolute atomic E-state index is 0.128. The molecule has 6 nitrogen and oxygen atoms in total. The smallest absolute Gasteiger partial charge is 0.268 e. The van der Waals surface area contributed by atoms with Gasteiger partial charge in [-0.05, 0) is 42.3 Å². The van der Waals surface area contributed by atoms with Crippen LogP contribution in [0, 0.1) is 23.1 Å². The molecule has 0 fully saturated rings. The van der Waals surface area contributed by atoms with Gasteiger partial charge in [-0.25, -0.2) is 4.39 Å². The molecular weight excluding hydrogens is 411 g/mol. The lowest BCUT2D eigenvalue weighted by Gasteiger charge is -2.00. The monoisotopic (exact) mass is 428 g/mol. The quantitative estimate of drug-likeness (QED) is 0.315. The number of aromatic nitrogens is 2. The van der Waals surface area contributed by atoms with Crippen molar-refractivity contribution in [1.82, 2.24) is 9.36 Å². The van der Waals surface area contributed by atoms with Crippen molar-refractivity contribution in [1.29, 1.82) is 5.26 Å². The van der Waals surface area contributed by atoms with Crippen molar-refractivity contribution in [2.24, 2.45) is 5.92 Å². The number of thioether (sulfide) groups is 1. The molecule has 2 heterocycles. The number of carbonyl (C=O) groups excluding carboxylic acids is 1. The second-order valence-corrected chi connectivity index (χ2v) is 8.16. The maximum atomic E-state index is 13.0. The van der Waals surface area contributed by atoms with E-state index in [1.54, 1.807) is 24.3 Å². The van der Waals surface area contributed by atoms with E-state index < -0.39 is 5.91 Å². The molecule has 0 atom stereocenters. The van der Waals surface area contributed by atoms with Gasteiger partial charge >= 0.3 is 0 Å². The topological polar surface area (TPSA) is 91.8 Å². The standard InChI is InChI=1S/C20H17FN4O2S2/c1-12(2)11-28-20-24-19(29-25-20)23-18(26)14(10-22)9-16-7-8-17(27-16)13-3-5-15(21)6-4-13/h3-9,12H,11H2,1-2H3,(H,23,24,25,26)/b14-9-. The van der Waals surface area contributed by atoms with Crippen molar-refractivity contribution < 1.29 is 13.6 Å². The SMILES string of the molecule is CC(C)CSc1nsc(NC(=O)/C(C#N)=C\c2ccc(-c3ccc(F)cc3)o2)n1. The molecule has 3 aromatic rings. The number of rotatable bonds is 7. The third-order valence-electron chi connectivity index (χ3n) is 3.58. The molecule has 148 valence electrons. The molecule has 0 saturated carbocycles. The van der Waals surface area contributed by atoms with Gasteiger partial charge in [0.15, 0.2) is 0 Å². The van der Waals surface area contributed by atoms with E-state index in [2.05, 4.69) is 28.5 Å². The Balaban J connectivity index is 1.69. The van der Waals surface area contributed by atoms with Crippen LogP contribution in [0.15, 0.2) is 51.5 Å². The van der Waals surface area contributed by atoms with Crippen LogP contribution in [0.4, 0.5) is 9.52 Å². The van der Waals surface area contributed by atoms with Crippen molar-refractivity contribution in [2.75, 3.05) is 11.1 Å². The van der Waals surface area contributed by atoms with Gasteiger partial charge in [-0.15, -0.1) is 0 Å². The zero-order chi connectivity index (χ0) is 20.8. The maximum absolute atomic E-state index is 13.0. The number of nitrogens with one attached hydrogen (secondary N) is 1. The molecule has 0 spiro atoms. The summed E-state index contributed by atoms with van der Waals surface area (Å²) in [6, 6.07) is 11.0. The average Bonchev–Trinajstić information content (AvgIpc) is 3.34. The minimum Gasteiger partial charge on any atom is -0.457 e. The van der Waals surface area contributed by atoms with Crippen molar-refractivity contribution >= 4 is 40.4 Å². The van der Waals surface area contributed by atoms with Gasteiger partial charge < -0.3 is 4.42 Å². The molecule has 0 aliphatic rings. The summed E-state index contributed by atoms with van der Waals surface area (Å²) in [5.41, 5.74) is 0.561. The predicted octanol–water partition coefficient (Wildman–Crippen LogP) is 5.23. The summed E-state index contributed by atoms with van der Waals surface area (Å²) < 4.78 is 22.9. The van der Waals surface area contributed by atoms with Crippen LogP contribution < -0.4 is 5.32 Å². The first-order valence-electron chi connectivity index (χ1n) is 8.70. The number of nitriles is 1. The van der Waals surface area contributed by atoms with Crippen LogP contribution in [0.25, 0.3) is 17.4 Å². The largest absolute Gasteiger partial charge is 0.457 e. The highest BCUT2D eigenvalue weighted by Crippen LogP contribution is 2.25. The van der Waals surface area contributed by atoms with Gasteiger partial charge in [-0.2, -0.15) is 14.6 Å². The Morgan fingerprint density at radius 3 is 2.79 bits per heavy atom. The molecule has 0 bridgehead atoms. The number of furan rings is 1. The second kappa shape index (κ2) is 9.49. The van der Waals surface area contributed by atoms with Gasteiger partial charge in [0.25, 0.3) is 5.91 Å². The highest BCUT2D eigenvalue weighted by Gasteiger charge is 2.14. The Hall–Kier alpha value is -2.96. The van der Waals surface area contributed by atoms with Crippen LogP contribution in [0.2, 0.25) is 0 Å². The molecule has 0 aliphatic heterocycles. The molecule has 0 saturated heterocycles. The van der Waals surface area contributed by atoms with E-state index in [-0.39, 0.29) is 11.4 Å². The Morgan fingerprint density at radius 1 is 1.34 bits per heavy atom. The Morgan fingerprint density at radius 2 is 2.10 bits per heavy atom. The lowest BCUT2D eigenvalue weighted by atomic mass is 10.2. The van der Waals surface area contributed by atoms with Crippen LogP contribution in [-0.4, -0.2) is 21.0 Å². The van der Waals surface area contributed by atoms with E-state index >= 15 is 0 Å². The molecule has 1 amide bonds. The summed E-state index contributed by atoms with van der Waals surface area (Å²) in [7, 11) is 0. The number of carbonyl (C=O) groups is 1. The van der Waals surface area contributed by atoms with Crippen LogP contribution >= 0.6 is 23.3 Å². The van der Waals surface area contributed by atoms with Crippen LogP contribution in [0.5, 0.6) is 0 Å². The Bertz CT molecular complexity index is 1060. The molecule has 29 heavy (non-hydrogen) atoms. The summed E-state index contributed by atoms with van der Waals surface area (Å²) in [5, 5.41) is 12.8. The predicted molar refractivity (Wildman–Crippen MR) is 112 cm³/mol. The molecule has 1 N–H and O–H groups in total. The van der Waals surface area contributed by atoms with Crippen LogP contribution in [-0.2, 0) is 4.79 Å². The molecule has 9 heteroatoms. The van der Waals surface area contributed by atoms with E-state index in [4.69, 9.17) is 4.42 Å². The van der Waals surface area contributed by atoms with Gasteiger partial charge in [0.1, 0.15) is 29.0 Å². The third-order valence-corrected chi connectivity index (χ3v) is 5.60. The number of anilines is 1. The molecular formula is C20H17FN4O2S2. The molecule has 2 aromatic heterocycles. The molecule has 3 rings (SSSR count). The van der Waals surface area contributed by atoms with Gasteiger partial charge in [-0.3, -0.25) is 10.1 Å². The highest BCUT2D eigenvalue weighted by molar-refractivity contribution is 7.99. The van der Waals surface area contributed by atoms with Crippen molar-refractivity contribution in [3.63, 3.8) is 0 Å². The fourth-order valence-electron chi connectivity index (χ4n) is 2.22. The lowest BCUT2D eigenvalue weighted by Crippen LogP contribution is -2.13. The van der Waals surface area contributed by atoms with Crippen molar-refractivity contribution in [3.8, 4) is 17.4 Å². The fourth-order valence-corrected chi connectivity index (χ4v) is 3.71. The Kier molecular flexibility index (Phi) is 6.80. The zero-order valence-electron chi connectivity index (χ0n) is 15.7. The average molecular weight is 429 g/mol. The van der Waals surface area contributed by atoms with Crippen molar-refractivity contribution in [2.45, 2.75) is 19.0 Å². The van der Waals surface area contributed by atoms with Crippen LogP contribution in [0.1, 0.15) is 19.6 Å². The van der Waals surface area contributed by atoms with Gasteiger partial charge in [0, 0.05) is 28.9 Å². The molecule has 0 aliphatic carbocycles. The zero-order valence-corrected chi connectivity index (χ0v) is 17.3. The van der Waals surface area contributed by atoms with Gasteiger partial charge in [0.2, 0.25) is 10.3 Å². The summed E-state index contributed by atoms with van der Waals surface area (Å²) in [6.07, 6.45) is 1.35. The number of benzene rings is 1. The third kappa shape index (κ3) is 5.76. The molecule has 0 radical (unpaired) electrons. The van der Waals surface area contributed by atoms with Crippen molar-refractivity contribution in [3.05, 3.63) is 53.5 Å². The first-order valence-corrected chi connectivity index (χ1v) is 10.5. The summed E-state index contributed by atoms with van der Waals surface area (Å²) in [4.78, 5) is 16.6. The number of halogens is 1. The first kappa shape index (κ1) is 20.8. The number of nitrogens with zero attached hydrogens (tertiary/aromatic N) is 3. The minimum atomic E-state index is -0.594. The highest BCUT2D eigenvalue weighted by atomic mass is 32.2. The Labute approximate surface area is 175 Å². The second-order valence-electron chi connectivity index (χ2n) is 6.42. The molecule has 0 unspecified atom stereocenters. The van der Waals surface area contributed by atoms with Crippen LogP contribution in [0.3, 0.4) is 0 Å². The first-order chi connectivity index (χ1) is 13.9. The fraction of sp³-hybridized carbons (Fsp3) is 0.200.